The predicted molar refractivity (Wildman–Crippen MR) is 152 cm³/mol. The van der Waals surface area contributed by atoms with E-state index in [9.17, 15) is 4.39 Å². The first kappa shape index (κ1) is 25.2. The molecule has 1 atom stereocenters. The van der Waals surface area contributed by atoms with Crippen molar-refractivity contribution in [2.24, 2.45) is 4.99 Å². The van der Waals surface area contributed by atoms with E-state index in [1.165, 1.54) is 17.8 Å². The van der Waals surface area contributed by atoms with Gasteiger partial charge in [-0.3, -0.25) is 4.99 Å². The van der Waals surface area contributed by atoms with Gasteiger partial charge in [-0.05, 0) is 54.6 Å². The maximum Gasteiger partial charge on any atom is 0.136 e. The summed E-state index contributed by atoms with van der Waals surface area (Å²) in [5.74, 6) is 2.39. The Morgan fingerprint density at radius 1 is 0.949 bits per heavy atom. The second-order valence-corrected chi connectivity index (χ2v) is 10.1. The number of fused-ring (bicyclic) bond motifs is 2. The molecule has 3 aromatic carbocycles. The average molecular weight is 529 g/mol. The summed E-state index contributed by atoms with van der Waals surface area (Å²) in [5.41, 5.74) is 5.99. The molecule has 0 saturated carbocycles. The summed E-state index contributed by atoms with van der Waals surface area (Å²) in [7, 11) is 5.44. The van der Waals surface area contributed by atoms with E-state index in [1.54, 1.807) is 26.4 Å². The highest BCUT2D eigenvalue weighted by atomic mass is 19.1. The van der Waals surface area contributed by atoms with E-state index >= 15 is 0 Å². The number of amidine groups is 1. The van der Waals surface area contributed by atoms with Crippen LogP contribution in [0.2, 0.25) is 0 Å². The molecule has 1 saturated heterocycles. The van der Waals surface area contributed by atoms with E-state index in [0.717, 1.165) is 54.1 Å². The first-order valence-corrected chi connectivity index (χ1v) is 13.3. The molecule has 0 bridgehead atoms. The SMILES string of the molecule is COc1cc(OC)c2c(c1)OCCC1=C2NC(c2ccc(F)cc2)=NC1c1ccc(N2CCN(C)CC2)cc1. The zero-order valence-corrected chi connectivity index (χ0v) is 22.5. The Balaban J connectivity index is 1.45. The van der Waals surface area contributed by atoms with Gasteiger partial charge in [-0.2, -0.15) is 0 Å². The van der Waals surface area contributed by atoms with Crippen LogP contribution in [-0.2, 0) is 0 Å². The lowest BCUT2D eigenvalue weighted by Crippen LogP contribution is -2.44. The van der Waals surface area contributed by atoms with Crippen molar-refractivity contribution in [2.75, 3.05) is 59.0 Å². The van der Waals surface area contributed by atoms with E-state index in [1.807, 2.05) is 12.1 Å². The first-order valence-electron chi connectivity index (χ1n) is 13.3. The lowest BCUT2D eigenvalue weighted by molar-refractivity contribution is 0.313. The molecule has 0 radical (unpaired) electrons. The fourth-order valence-electron chi connectivity index (χ4n) is 5.50. The van der Waals surface area contributed by atoms with Gasteiger partial charge in [0.15, 0.2) is 0 Å². The number of anilines is 1. The Hall–Kier alpha value is -4.04. The topological polar surface area (TPSA) is 58.6 Å². The molecular formula is C31H33FN4O3. The van der Waals surface area contributed by atoms with Crippen LogP contribution >= 0.6 is 0 Å². The number of methoxy groups -OCH3 is 2. The second kappa shape index (κ2) is 10.6. The number of benzene rings is 3. The summed E-state index contributed by atoms with van der Waals surface area (Å²) in [6, 6.07) is 18.7. The van der Waals surface area contributed by atoms with E-state index in [0.29, 0.717) is 36.1 Å². The number of nitrogens with one attached hydrogen (secondary N) is 1. The van der Waals surface area contributed by atoms with E-state index in [4.69, 9.17) is 19.2 Å². The Labute approximate surface area is 228 Å². The van der Waals surface area contributed by atoms with Crippen LogP contribution in [0.4, 0.5) is 10.1 Å². The fourth-order valence-corrected chi connectivity index (χ4v) is 5.50. The Morgan fingerprint density at radius 3 is 2.38 bits per heavy atom. The van der Waals surface area contributed by atoms with Gasteiger partial charge in [0.2, 0.25) is 0 Å². The maximum atomic E-state index is 13.8. The molecule has 3 aromatic rings. The third-order valence-electron chi connectivity index (χ3n) is 7.72. The average Bonchev–Trinajstić information content (AvgIpc) is 3.16. The number of likely N-dealkylation sites (N-methyl/N-ethyl adjacent to an activating group) is 1. The van der Waals surface area contributed by atoms with Crippen LogP contribution < -0.4 is 24.4 Å². The van der Waals surface area contributed by atoms with Gasteiger partial charge in [0.25, 0.3) is 0 Å². The standard InChI is InChI=1S/C31H33FN4O3/c1-35-13-15-36(16-14-35)23-10-6-20(7-11-23)29-25-12-17-39-27-19-24(37-2)18-26(38-3)28(27)30(25)34-31(33-29)21-4-8-22(32)9-5-21/h4-11,18-19,29H,12-17H2,1-3H3,(H,33,34). The van der Waals surface area contributed by atoms with Crippen molar-refractivity contribution >= 4 is 17.2 Å². The summed E-state index contributed by atoms with van der Waals surface area (Å²) in [4.78, 5) is 9.96. The van der Waals surface area contributed by atoms with Crippen LogP contribution in [0.3, 0.4) is 0 Å². The third kappa shape index (κ3) is 4.92. The minimum atomic E-state index is -0.284. The molecule has 7 nitrogen and oxygen atoms in total. The van der Waals surface area contributed by atoms with Crippen LogP contribution in [0.1, 0.15) is 29.2 Å². The van der Waals surface area contributed by atoms with Gasteiger partial charge in [-0.25, -0.2) is 4.39 Å². The number of piperazine rings is 1. The maximum absolute atomic E-state index is 13.8. The van der Waals surface area contributed by atoms with Crippen molar-refractivity contribution in [1.29, 1.82) is 0 Å². The molecule has 1 unspecified atom stereocenters. The van der Waals surface area contributed by atoms with Gasteiger partial charge in [0.1, 0.15) is 34.9 Å². The van der Waals surface area contributed by atoms with Gasteiger partial charge < -0.3 is 29.3 Å². The zero-order chi connectivity index (χ0) is 26.9. The summed E-state index contributed by atoms with van der Waals surface area (Å²) < 4.78 is 31.3. The number of aliphatic imine (C=N–C) groups is 1. The summed E-state index contributed by atoms with van der Waals surface area (Å²) in [6.07, 6.45) is 0.688. The molecule has 8 heteroatoms. The van der Waals surface area contributed by atoms with Crippen molar-refractivity contribution in [3.05, 3.63) is 88.7 Å². The summed E-state index contributed by atoms with van der Waals surface area (Å²) in [6.45, 7) is 4.65. The number of rotatable bonds is 5. The number of ether oxygens (including phenoxy) is 3. The van der Waals surface area contributed by atoms with Crippen LogP contribution in [0.5, 0.6) is 17.2 Å². The first-order chi connectivity index (χ1) is 19.0. The smallest absolute Gasteiger partial charge is 0.136 e. The van der Waals surface area contributed by atoms with Gasteiger partial charge in [0.05, 0.1) is 32.1 Å². The summed E-state index contributed by atoms with van der Waals surface area (Å²) in [5, 5.41) is 3.56. The van der Waals surface area contributed by atoms with Crippen LogP contribution in [-0.4, -0.2) is 64.8 Å². The van der Waals surface area contributed by atoms with E-state index < -0.39 is 0 Å². The molecule has 1 N–H and O–H groups in total. The Morgan fingerprint density at radius 2 is 1.69 bits per heavy atom. The van der Waals surface area contributed by atoms with E-state index in [-0.39, 0.29) is 11.9 Å². The minimum absolute atomic E-state index is 0.232. The van der Waals surface area contributed by atoms with Crippen LogP contribution in [0.25, 0.3) is 5.70 Å². The predicted octanol–water partition coefficient (Wildman–Crippen LogP) is 4.88. The van der Waals surface area contributed by atoms with Crippen molar-refractivity contribution in [2.45, 2.75) is 12.5 Å². The lowest BCUT2D eigenvalue weighted by atomic mass is 9.90. The fraction of sp³-hybridized carbons (Fsp3) is 0.323. The van der Waals surface area contributed by atoms with Crippen molar-refractivity contribution in [1.82, 2.24) is 10.2 Å². The van der Waals surface area contributed by atoms with Crippen molar-refractivity contribution in [3.8, 4) is 17.2 Å². The highest BCUT2D eigenvalue weighted by Crippen LogP contribution is 2.46. The molecule has 3 aliphatic rings. The molecule has 0 amide bonds. The van der Waals surface area contributed by atoms with Crippen molar-refractivity contribution in [3.63, 3.8) is 0 Å². The van der Waals surface area contributed by atoms with Gasteiger partial charge in [0, 0.05) is 56.0 Å². The Bertz CT molecular complexity index is 1410. The number of nitrogens with zero attached hydrogens (tertiary/aromatic N) is 3. The molecule has 0 aromatic heterocycles. The molecule has 3 aliphatic heterocycles. The molecule has 202 valence electrons. The number of hydrogen-bond donors (Lipinski definition) is 1. The second-order valence-electron chi connectivity index (χ2n) is 10.1. The lowest BCUT2D eigenvalue weighted by Gasteiger charge is -2.34. The highest BCUT2D eigenvalue weighted by molar-refractivity contribution is 6.06. The van der Waals surface area contributed by atoms with Gasteiger partial charge in [-0.15, -0.1) is 0 Å². The van der Waals surface area contributed by atoms with Gasteiger partial charge >= 0.3 is 0 Å². The molecular weight excluding hydrogens is 495 g/mol. The number of halogens is 1. The monoisotopic (exact) mass is 528 g/mol. The molecule has 6 rings (SSSR count). The molecule has 0 spiro atoms. The van der Waals surface area contributed by atoms with Gasteiger partial charge in [-0.1, -0.05) is 12.1 Å². The largest absolute Gasteiger partial charge is 0.496 e. The van der Waals surface area contributed by atoms with Crippen molar-refractivity contribution < 1.29 is 18.6 Å². The van der Waals surface area contributed by atoms with Crippen LogP contribution in [0.15, 0.2) is 71.2 Å². The number of hydrogen-bond acceptors (Lipinski definition) is 7. The molecule has 3 heterocycles. The Kier molecular flexibility index (Phi) is 6.87. The summed E-state index contributed by atoms with van der Waals surface area (Å²) >= 11 is 0. The van der Waals surface area contributed by atoms with E-state index in [2.05, 4.69) is 46.4 Å². The quantitative estimate of drug-likeness (QED) is 0.510. The minimum Gasteiger partial charge on any atom is -0.496 e. The normalized spacial score (nSPS) is 19.2. The zero-order valence-electron chi connectivity index (χ0n) is 22.5. The molecule has 39 heavy (non-hydrogen) atoms. The van der Waals surface area contributed by atoms with Crippen LogP contribution in [0, 0.1) is 5.82 Å². The highest BCUT2D eigenvalue weighted by Gasteiger charge is 2.32. The molecule has 1 fully saturated rings. The molecule has 0 aliphatic carbocycles. The third-order valence-corrected chi connectivity index (χ3v) is 7.72.